The van der Waals surface area contributed by atoms with Gasteiger partial charge in [0.05, 0.1) is 7.11 Å². The number of hydrogen-bond donors (Lipinski definition) is 1. The van der Waals surface area contributed by atoms with Gasteiger partial charge in [-0.05, 0) is 56.1 Å². The van der Waals surface area contributed by atoms with E-state index in [-0.39, 0.29) is 11.8 Å². The Bertz CT molecular complexity index is 899. The lowest BCUT2D eigenvalue weighted by molar-refractivity contribution is -0.121. The summed E-state index contributed by atoms with van der Waals surface area (Å²) < 4.78 is 5.73. The minimum atomic E-state index is 0.0144. The zero-order chi connectivity index (χ0) is 21.3. The Kier molecular flexibility index (Phi) is 6.11. The number of methoxy groups -OCH3 is 1. The predicted octanol–water partition coefficient (Wildman–Crippen LogP) is 3.78. The average Bonchev–Trinajstić information content (AvgIpc) is 2.76. The van der Waals surface area contributed by atoms with Crippen LogP contribution in [0.2, 0.25) is 0 Å². The second-order valence-corrected chi connectivity index (χ2v) is 8.76. The first kappa shape index (κ1) is 20.9. The van der Waals surface area contributed by atoms with Crippen LogP contribution in [0.5, 0.6) is 5.75 Å². The summed E-state index contributed by atoms with van der Waals surface area (Å²) >= 11 is 0. The second kappa shape index (κ2) is 8.78. The molecule has 2 aliphatic heterocycles. The van der Waals surface area contributed by atoms with Gasteiger partial charge in [-0.25, -0.2) is 0 Å². The highest BCUT2D eigenvalue weighted by Crippen LogP contribution is 2.36. The maximum absolute atomic E-state index is 12.5. The molecule has 4 rings (SSSR count). The zero-order valence-corrected chi connectivity index (χ0v) is 18.5. The van der Waals surface area contributed by atoms with Crippen molar-refractivity contribution >= 4 is 11.6 Å². The molecule has 2 aromatic rings. The van der Waals surface area contributed by atoms with E-state index in [1.54, 1.807) is 12.0 Å². The molecule has 1 saturated heterocycles. The number of carbonyl (C=O) groups excluding carboxylic acids is 1. The molecule has 0 bridgehead atoms. The van der Waals surface area contributed by atoms with Gasteiger partial charge >= 0.3 is 0 Å². The molecule has 160 valence electrons. The molecule has 0 unspecified atom stereocenters. The summed E-state index contributed by atoms with van der Waals surface area (Å²) in [7, 11) is 5.82. The van der Waals surface area contributed by atoms with E-state index in [1.165, 1.54) is 17.5 Å². The Balaban J connectivity index is 1.57. The molecule has 1 N–H and O–H groups in total. The molecule has 0 spiro atoms. The van der Waals surface area contributed by atoms with Gasteiger partial charge in [-0.15, -0.1) is 0 Å². The Hall–Kier alpha value is -2.37. The largest absolute Gasteiger partial charge is 0.496 e. The second-order valence-electron chi connectivity index (χ2n) is 8.76. The van der Waals surface area contributed by atoms with Crippen LogP contribution in [0.3, 0.4) is 0 Å². The smallest absolute Gasteiger partial charge is 0.229 e. The molecule has 2 aliphatic rings. The molecule has 5 heteroatoms. The zero-order valence-electron chi connectivity index (χ0n) is 18.5. The van der Waals surface area contributed by atoms with E-state index in [0.717, 1.165) is 42.9 Å². The summed E-state index contributed by atoms with van der Waals surface area (Å²) in [5, 5.41) is 3.81. The summed E-state index contributed by atoms with van der Waals surface area (Å²) in [6.07, 6.45) is 3.10. The van der Waals surface area contributed by atoms with Crippen molar-refractivity contribution in [1.29, 1.82) is 0 Å². The van der Waals surface area contributed by atoms with Crippen molar-refractivity contribution in [2.75, 3.05) is 32.6 Å². The van der Waals surface area contributed by atoms with Crippen LogP contribution in [-0.4, -0.2) is 44.6 Å². The van der Waals surface area contributed by atoms with E-state index in [1.807, 2.05) is 14.0 Å². The maximum Gasteiger partial charge on any atom is 0.229 e. The third-order valence-electron chi connectivity index (χ3n) is 6.70. The van der Waals surface area contributed by atoms with Gasteiger partial charge < -0.3 is 15.0 Å². The van der Waals surface area contributed by atoms with Crippen molar-refractivity contribution in [3.63, 3.8) is 0 Å². The number of nitrogens with one attached hydrogen (secondary N) is 1. The van der Waals surface area contributed by atoms with Gasteiger partial charge in [0.2, 0.25) is 5.91 Å². The quantitative estimate of drug-likeness (QED) is 0.819. The average molecular weight is 408 g/mol. The van der Waals surface area contributed by atoms with Gasteiger partial charge in [0, 0.05) is 42.8 Å². The lowest BCUT2D eigenvalue weighted by Crippen LogP contribution is -2.46. The SMILES string of the molecule is COc1cc2c(cc1CN[C@H]1CCCN(C)[C@H]1c1ccccc1)N(C)C(=O)[C@@H](C)C2. The van der Waals surface area contributed by atoms with Gasteiger partial charge in [-0.1, -0.05) is 37.3 Å². The summed E-state index contributed by atoms with van der Waals surface area (Å²) in [5.74, 6) is 1.10. The number of carbonyl (C=O) groups is 1. The van der Waals surface area contributed by atoms with Crippen LogP contribution in [0.15, 0.2) is 42.5 Å². The molecular weight excluding hydrogens is 374 g/mol. The van der Waals surface area contributed by atoms with Crippen LogP contribution < -0.4 is 15.0 Å². The number of anilines is 1. The van der Waals surface area contributed by atoms with Crippen LogP contribution in [0.25, 0.3) is 0 Å². The fourth-order valence-corrected chi connectivity index (χ4v) is 5.08. The molecule has 30 heavy (non-hydrogen) atoms. The van der Waals surface area contributed by atoms with E-state index < -0.39 is 0 Å². The molecular formula is C25H33N3O2. The summed E-state index contributed by atoms with van der Waals surface area (Å²) in [6, 6.07) is 15.7. The summed E-state index contributed by atoms with van der Waals surface area (Å²) in [6.45, 7) is 3.83. The fraction of sp³-hybridized carbons (Fsp3) is 0.480. The third kappa shape index (κ3) is 3.96. The maximum atomic E-state index is 12.5. The fourth-order valence-electron chi connectivity index (χ4n) is 5.08. The minimum absolute atomic E-state index is 0.0144. The van der Waals surface area contributed by atoms with Crippen molar-refractivity contribution in [1.82, 2.24) is 10.2 Å². The number of fused-ring (bicyclic) bond motifs is 1. The summed E-state index contributed by atoms with van der Waals surface area (Å²) in [4.78, 5) is 16.7. The number of likely N-dealkylation sites (N-methyl/N-ethyl adjacent to an activating group) is 1. The topological polar surface area (TPSA) is 44.8 Å². The molecule has 3 atom stereocenters. The number of benzene rings is 2. The van der Waals surface area contributed by atoms with Gasteiger partial charge in [0.15, 0.2) is 0 Å². The Morgan fingerprint density at radius 1 is 1.17 bits per heavy atom. The molecule has 2 aromatic carbocycles. The molecule has 1 fully saturated rings. The van der Waals surface area contributed by atoms with E-state index in [9.17, 15) is 4.79 Å². The number of ether oxygens (including phenoxy) is 1. The predicted molar refractivity (Wildman–Crippen MR) is 121 cm³/mol. The monoisotopic (exact) mass is 407 g/mol. The lowest BCUT2D eigenvalue weighted by Gasteiger charge is -2.40. The van der Waals surface area contributed by atoms with Crippen LogP contribution >= 0.6 is 0 Å². The Morgan fingerprint density at radius 3 is 2.67 bits per heavy atom. The van der Waals surface area contributed by atoms with Crippen molar-refractivity contribution in [3.8, 4) is 5.75 Å². The van der Waals surface area contributed by atoms with Crippen molar-refractivity contribution in [2.24, 2.45) is 5.92 Å². The molecule has 1 amide bonds. The molecule has 5 nitrogen and oxygen atoms in total. The highest BCUT2D eigenvalue weighted by molar-refractivity contribution is 5.97. The van der Waals surface area contributed by atoms with E-state index in [4.69, 9.17) is 4.74 Å². The summed E-state index contributed by atoms with van der Waals surface area (Å²) in [5.41, 5.74) is 4.65. The molecule has 0 aliphatic carbocycles. The highest BCUT2D eigenvalue weighted by atomic mass is 16.5. The number of nitrogens with zero attached hydrogens (tertiary/aromatic N) is 2. The van der Waals surface area contributed by atoms with Gasteiger partial charge in [-0.3, -0.25) is 9.69 Å². The number of likely N-dealkylation sites (tertiary alicyclic amines) is 1. The first-order valence-corrected chi connectivity index (χ1v) is 11.0. The van der Waals surface area contributed by atoms with Crippen LogP contribution in [0, 0.1) is 5.92 Å². The number of amides is 1. The van der Waals surface area contributed by atoms with E-state index in [2.05, 4.69) is 59.7 Å². The standard InChI is InChI=1S/C25H33N3O2/c1-17-13-19-15-23(30-4)20(14-22(19)28(3)25(17)29)16-26-21-11-8-12-27(2)24(21)18-9-6-5-7-10-18/h5-7,9-10,14-15,17,21,24,26H,8,11-13,16H2,1-4H3/t17-,21-,24-/m0/s1. The number of rotatable bonds is 5. The molecule has 0 aromatic heterocycles. The van der Waals surface area contributed by atoms with Crippen LogP contribution in [-0.2, 0) is 17.8 Å². The van der Waals surface area contributed by atoms with Crippen LogP contribution in [0.4, 0.5) is 5.69 Å². The number of piperidine rings is 1. The normalized spacial score (nSPS) is 24.6. The molecule has 0 saturated carbocycles. The van der Waals surface area contributed by atoms with E-state index in [0.29, 0.717) is 12.1 Å². The first-order valence-electron chi connectivity index (χ1n) is 11.0. The first-order chi connectivity index (χ1) is 14.5. The molecule has 0 radical (unpaired) electrons. The van der Waals surface area contributed by atoms with E-state index >= 15 is 0 Å². The highest BCUT2D eigenvalue weighted by Gasteiger charge is 2.31. The minimum Gasteiger partial charge on any atom is -0.496 e. The Morgan fingerprint density at radius 2 is 1.93 bits per heavy atom. The Labute approximate surface area is 180 Å². The van der Waals surface area contributed by atoms with Crippen molar-refractivity contribution in [2.45, 2.75) is 44.8 Å². The van der Waals surface area contributed by atoms with Crippen LogP contribution in [0.1, 0.15) is 42.5 Å². The van der Waals surface area contributed by atoms with Crippen molar-refractivity contribution < 1.29 is 9.53 Å². The van der Waals surface area contributed by atoms with Gasteiger partial charge in [0.1, 0.15) is 5.75 Å². The van der Waals surface area contributed by atoms with Crippen molar-refractivity contribution in [3.05, 3.63) is 59.2 Å². The van der Waals surface area contributed by atoms with Gasteiger partial charge in [-0.2, -0.15) is 0 Å². The number of hydrogen-bond acceptors (Lipinski definition) is 4. The third-order valence-corrected chi connectivity index (χ3v) is 6.70. The molecule has 2 heterocycles. The van der Waals surface area contributed by atoms with Gasteiger partial charge in [0.25, 0.3) is 0 Å². The lowest BCUT2D eigenvalue weighted by atomic mass is 9.90.